The Morgan fingerprint density at radius 2 is 1.95 bits per heavy atom. The van der Waals surface area contributed by atoms with E-state index in [0.29, 0.717) is 17.1 Å². The third-order valence-electron chi connectivity index (χ3n) is 3.08. The second-order valence-electron chi connectivity index (χ2n) is 4.89. The Labute approximate surface area is 118 Å². The highest BCUT2D eigenvalue weighted by Gasteiger charge is 2.12. The normalized spacial score (nSPS) is 11.0. The maximum Gasteiger partial charge on any atom is 0.274 e. The van der Waals surface area contributed by atoms with Crippen LogP contribution in [0.15, 0.2) is 33.8 Å². The van der Waals surface area contributed by atoms with E-state index in [1.165, 1.54) is 5.56 Å². The Balaban J connectivity index is 2.06. The molecule has 0 unspecified atom stereocenters. The lowest BCUT2D eigenvalue weighted by Crippen LogP contribution is -2.17. The van der Waals surface area contributed by atoms with E-state index < -0.39 is 0 Å². The summed E-state index contributed by atoms with van der Waals surface area (Å²) in [7, 11) is 0. The molecule has 0 bridgehead atoms. The second kappa shape index (κ2) is 5.74. The number of hydrogen-bond donors (Lipinski definition) is 1. The number of carbonyl (C=O) groups excluding carboxylic acids is 1. The fourth-order valence-corrected chi connectivity index (χ4v) is 2.05. The minimum absolute atomic E-state index is 0.264. The number of hydrazone groups is 1. The van der Waals surface area contributed by atoms with Gasteiger partial charge in [0.2, 0.25) is 0 Å². The summed E-state index contributed by atoms with van der Waals surface area (Å²) in [4.78, 5) is 11.9. The Bertz CT molecular complexity index is 669. The summed E-state index contributed by atoms with van der Waals surface area (Å²) in [5.41, 5.74) is 6.34. The van der Waals surface area contributed by atoms with Gasteiger partial charge in [0, 0.05) is 0 Å². The van der Waals surface area contributed by atoms with Gasteiger partial charge in [0.1, 0.15) is 11.5 Å². The number of furan rings is 1. The van der Waals surface area contributed by atoms with E-state index >= 15 is 0 Å². The van der Waals surface area contributed by atoms with Crippen molar-refractivity contribution in [2.45, 2.75) is 27.7 Å². The highest BCUT2D eigenvalue weighted by Crippen LogP contribution is 2.13. The molecular weight excluding hydrogens is 252 g/mol. The molecule has 1 amide bonds. The number of rotatable bonds is 3. The first-order chi connectivity index (χ1) is 9.47. The first-order valence-electron chi connectivity index (χ1n) is 6.45. The van der Waals surface area contributed by atoms with Gasteiger partial charge in [-0.25, -0.2) is 5.43 Å². The van der Waals surface area contributed by atoms with Gasteiger partial charge in [-0.1, -0.05) is 23.8 Å². The predicted octanol–water partition coefficient (Wildman–Crippen LogP) is 3.28. The van der Waals surface area contributed by atoms with Crippen LogP contribution in [0.5, 0.6) is 0 Å². The van der Waals surface area contributed by atoms with Gasteiger partial charge in [0.05, 0.1) is 11.8 Å². The summed E-state index contributed by atoms with van der Waals surface area (Å²) >= 11 is 0. The van der Waals surface area contributed by atoms with Gasteiger partial charge in [-0.15, -0.1) is 0 Å². The van der Waals surface area contributed by atoms with Gasteiger partial charge in [-0.3, -0.25) is 4.79 Å². The monoisotopic (exact) mass is 270 g/mol. The van der Waals surface area contributed by atoms with Gasteiger partial charge in [0.15, 0.2) is 0 Å². The highest BCUT2D eigenvalue weighted by atomic mass is 16.3. The predicted molar refractivity (Wildman–Crippen MR) is 79.2 cm³/mol. The third kappa shape index (κ3) is 3.15. The van der Waals surface area contributed by atoms with Crippen LogP contribution in [0.3, 0.4) is 0 Å². The minimum Gasteiger partial charge on any atom is -0.466 e. The molecule has 0 saturated heterocycles. The number of nitrogens with zero attached hydrogens (tertiary/aromatic N) is 1. The summed E-state index contributed by atoms with van der Waals surface area (Å²) in [6.45, 7) is 7.62. The van der Waals surface area contributed by atoms with Gasteiger partial charge in [-0.2, -0.15) is 5.10 Å². The molecule has 0 aliphatic heterocycles. The van der Waals surface area contributed by atoms with Gasteiger partial charge >= 0.3 is 0 Å². The Morgan fingerprint density at radius 1 is 1.20 bits per heavy atom. The molecule has 0 atom stereocenters. The van der Waals surface area contributed by atoms with Crippen LogP contribution in [0.2, 0.25) is 0 Å². The van der Waals surface area contributed by atoms with Crippen molar-refractivity contribution in [1.82, 2.24) is 5.43 Å². The van der Waals surface area contributed by atoms with Crippen LogP contribution in [-0.4, -0.2) is 12.1 Å². The summed E-state index contributed by atoms with van der Waals surface area (Å²) in [6, 6.07) is 7.78. The lowest BCUT2D eigenvalue weighted by atomic mass is 10.1. The Kier molecular flexibility index (Phi) is 4.03. The second-order valence-corrected chi connectivity index (χ2v) is 4.89. The molecule has 20 heavy (non-hydrogen) atoms. The number of hydrogen-bond acceptors (Lipinski definition) is 3. The Morgan fingerprint density at radius 3 is 2.55 bits per heavy atom. The molecule has 0 radical (unpaired) electrons. The smallest absolute Gasteiger partial charge is 0.274 e. The molecular formula is C16H18N2O2. The maximum atomic E-state index is 11.9. The van der Waals surface area contributed by atoms with Crippen molar-refractivity contribution in [3.05, 3.63) is 58.0 Å². The summed E-state index contributed by atoms with van der Waals surface area (Å²) in [5, 5.41) is 3.99. The lowest BCUT2D eigenvalue weighted by molar-refractivity contribution is 0.0953. The number of aryl methyl sites for hydroxylation is 4. The van der Waals surface area contributed by atoms with Gasteiger partial charge in [0.25, 0.3) is 5.91 Å². The molecule has 1 N–H and O–H groups in total. The topological polar surface area (TPSA) is 54.6 Å². The van der Waals surface area contributed by atoms with E-state index in [-0.39, 0.29) is 5.91 Å². The van der Waals surface area contributed by atoms with Crippen molar-refractivity contribution in [2.24, 2.45) is 5.10 Å². The molecule has 1 heterocycles. The molecule has 4 heteroatoms. The fraction of sp³-hybridized carbons (Fsp3) is 0.250. The van der Waals surface area contributed by atoms with Crippen LogP contribution in [0.4, 0.5) is 0 Å². The van der Waals surface area contributed by atoms with E-state index in [4.69, 9.17) is 4.42 Å². The molecule has 2 aromatic rings. The van der Waals surface area contributed by atoms with E-state index in [1.54, 1.807) is 19.2 Å². The zero-order valence-corrected chi connectivity index (χ0v) is 12.2. The van der Waals surface area contributed by atoms with E-state index in [1.807, 2.05) is 32.9 Å². The van der Waals surface area contributed by atoms with Crippen LogP contribution in [-0.2, 0) is 0 Å². The van der Waals surface area contributed by atoms with E-state index in [9.17, 15) is 4.79 Å². The summed E-state index contributed by atoms with van der Waals surface area (Å²) in [6.07, 6.45) is 1.65. The van der Waals surface area contributed by atoms with Crippen LogP contribution < -0.4 is 5.43 Å². The number of nitrogens with one attached hydrogen (secondary N) is 1. The standard InChI is InChI=1S/C16H18N2O2/c1-10-5-6-14(11(2)7-10)9-17-18-16(19)15-8-12(3)20-13(15)4/h5-9H,1-4H3,(H,18,19)/b17-9-. The average molecular weight is 270 g/mol. The van der Waals surface area contributed by atoms with Crippen molar-refractivity contribution in [3.8, 4) is 0 Å². The summed E-state index contributed by atoms with van der Waals surface area (Å²) in [5.74, 6) is 1.05. The molecule has 0 spiro atoms. The molecule has 1 aromatic heterocycles. The van der Waals surface area contributed by atoms with E-state index in [2.05, 4.69) is 16.6 Å². The fourth-order valence-electron chi connectivity index (χ4n) is 2.05. The summed E-state index contributed by atoms with van der Waals surface area (Å²) < 4.78 is 5.32. The minimum atomic E-state index is -0.264. The van der Waals surface area contributed by atoms with Crippen LogP contribution in [0.25, 0.3) is 0 Å². The zero-order valence-electron chi connectivity index (χ0n) is 12.2. The highest BCUT2D eigenvalue weighted by molar-refractivity contribution is 5.96. The van der Waals surface area contributed by atoms with Gasteiger partial charge < -0.3 is 4.42 Å². The molecule has 0 aliphatic carbocycles. The molecule has 2 rings (SSSR count). The third-order valence-corrected chi connectivity index (χ3v) is 3.08. The first kappa shape index (κ1) is 14.1. The van der Waals surface area contributed by atoms with Crippen LogP contribution in [0, 0.1) is 27.7 Å². The molecule has 104 valence electrons. The quantitative estimate of drug-likeness (QED) is 0.687. The first-order valence-corrected chi connectivity index (χ1v) is 6.45. The van der Waals surface area contributed by atoms with Crippen molar-refractivity contribution in [1.29, 1.82) is 0 Å². The SMILES string of the molecule is Cc1ccc(/C=N\NC(=O)c2cc(C)oc2C)c(C)c1. The van der Waals surface area contributed by atoms with Crippen molar-refractivity contribution >= 4 is 12.1 Å². The largest absolute Gasteiger partial charge is 0.466 e. The molecule has 0 saturated carbocycles. The molecule has 1 aromatic carbocycles. The molecule has 4 nitrogen and oxygen atoms in total. The number of carbonyl (C=O) groups is 1. The van der Waals surface area contributed by atoms with Crippen molar-refractivity contribution in [2.75, 3.05) is 0 Å². The van der Waals surface area contributed by atoms with Crippen LogP contribution >= 0.6 is 0 Å². The van der Waals surface area contributed by atoms with E-state index in [0.717, 1.165) is 11.1 Å². The molecule has 0 aliphatic rings. The lowest BCUT2D eigenvalue weighted by Gasteiger charge is -2.01. The van der Waals surface area contributed by atoms with Crippen molar-refractivity contribution in [3.63, 3.8) is 0 Å². The molecule has 0 fully saturated rings. The average Bonchev–Trinajstić information content (AvgIpc) is 2.71. The number of amides is 1. The van der Waals surface area contributed by atoms with Gasteiger partial charge in [-0.05, 0) is 44.9 Å². The van der Waals surface area contributed by atoms with Crippen molar-refractivity contribution < 1.29 is 9.21 Å². The number of benzene rings is 1. The maximum absolute atomic E-state index is 11.9. The van der Waals surface area contributed by atoms with Crippen LogP contribution in [0.1, 0.15) is 38.6 Å². The zero-order chi connectivity index (χ0) is 14.7. The Hall–Kier alpha value is -2.36.